The molecule has 3 nitrogen and oxygen atoms in total. The monoisotopic (exact) mass is 244 g/mol. The molecule has 5 heteroatoms. The van der Waals surface area contributed by atoms with Crippen molar-refractivity contribution in [2.24, 2.45) is 5.90 Å². The Kier molecular flexibility index (Phi) is 58.1. The zero-order chi connectivity index (χ0) is 4.83. The van der Waals surface area contributed by atoms with Crippen molar-refractivity contribution in [1.82, 2.24) is 6.15 Å². The Bertz CT molecular complexity index is 30.5. The Hall–Kier alpha value is 0.854. The van der Waals surface area contributed by atoms with E-state index in [0.29, 0.717) is 6.61 Å². The van der Waals surface area contributed by atoms with Gasteiger partial charge < -0.3 is 11.0 Å². The summed E-state index contributed by atoms with van der Waals surface area (Å²) in [6, 6.07) is 0. The van der Waals surface area contributed by atoms with Gasteiger partial charge in [0.05, 0.1) is 6.61 Å². The van der Waals surface area contributed by atoms with E-state index in [1.165, 1.54) is 0 Å². The first-order chi connectivity index (χ1) is 2.91. The van der Waals surface area contributed by atoms with E-state index in [-0.39, 0.29) is 39.6 Å². The van der Waals surface area contributed by atoms with Crippen LogP contribution in [0.3, 0.4) is 0 Å². The molecule has 0 aliphatic rings. The van der Waals surface area contributed by atoms with Gasteiger partial charge in [-0.2, -0.15) is 0 Å². The number of halogens is 1. The van der Waals surface area contributed by atoms with Crippen LogP contribution in [-0.2, 0) is 21.3 Å². The Morgan fingerprint density at radius 1 is 1.44 bits per heavy atom. The number of rotatable bonds is 3. The molecule has 0 radical (unpaired) electrons. The molecule has 0 spiro atoms. The molecule has 5 N–H and O–H groups in total. The number of hydrogen-bond donors (Lipinski definition) is 2. The van der Waals surface area contributed by atoms with Crippen molar-refractivity contribution in [2.75, 3.05) is 6.61 Å². The second-order valence-electron chi connectivity index (χ2n) is 1.22. The van der Waals surface area contributed by atoms with Gasteiger partial charge in [0.1, 0.15) is 0 Å². The topological polar surface area (TPSA) is 70.2 Å². The fraction of sp³-hybridized carbons (Fsp3) is 1.00. The Balaban J connectivity index is -0.0000000417. The second kappa shape index (κ2) is 23.2. The van der Waals surface area contributed by atoms with Crippen LogP contribution in [0.4, 0.5) is 0 Å². The molecular formula is C4H15BrN2NiO. The van der Waals surface area contributed by atoms with Crippen LogP contribution in [0.2, 0.25) is 0 Å². The first-order valence-corrected chi connectivity index (χ1v) is 2.23. The van der Waals surface area contributed by atoms with Gasteiger partial charge in [-0.15, -0.1) is 17.0 Å². The third-order valence-electron chi connectivity index (χ3n) is 0.616. The Morgan fingerprint density at radius 3 is 2.00 bits per heavy atom. The zero-order valence-corrected chi connectivity index (χ0v) is 8.24. The minimum atomic E-state index is 0. The molecule has 0 aromatic carbocycles. The summed E-state index contributed by atoms with van der Waals surface area (Å²) in [7, 11) is 0. The first kappa shape index (κ1) is 22.5. The molecule has 0 aromatic heterocycles. The van der Waals surface area contributed by atoms with Crippen molar-refractivity contribution < 1.29 is 21.3 Å². The first-order valence-electron chi connectivity index (χ1n) is 2.23. The summed E-state index contributed by atoms with van der Waals surface area (Å²) in [6.45, 7) is 2.79. The fourth-order valence-corrected chi connectivity index (χ4v) is 0.228. The van der Waals surface area contributed by atoms with Crippen molar-refractivity contribution in [3.8, 4) is 0 Å². The van der Waals surface area contributed by atoms with E-state index in [2.05, 4.69) is 11.8 Å². The molecule has 64 valence electrons. The van der Waals surface area contributed by atoms with Crippen LogP contribution in [0.1, 0.15) is 19.8 Å². The summed E-state index contributed by atoms with van der Waals surface area (Å²) >= 11 is 0. The van der Waals surface area contributed by atoms with Gasteiger partial charge in [0.2, 0.25) is 0 Å². The standard InChI is InChI=1S/C4H11NO.BrH.H3N.Ni/c1-2-3-4-6-5;;;/h2-5H2,1H3;1H;1H3;. The van der Waals surface area contributed by atoms with E-state index in [9.17, 15) is 0 Å². The van der Waals surface area contributed by atoms with Gasteiger partial charge in [-0.25, -0.2) is 5.90 Å². The largest absolute Gasteiger partial charge is 0.344 e. The van der Waals surface area contributed by atoms with Crippen LogP contribution in [0.15, 0.2) is 0 Å². The predicted molar refractivity (Wildman–Crippen MR) is 40.4 cm³/mol. The summed E-state index contributed by atoms with van der Waals surface area (Å²) in [5.41, 5.74) is 0. The Morgan fingerprint density at radius 2 is 1.89 bits per heavy atom. The third kappa shape index (κ3) is 28.0. The zero-order valence-electron chi connectivity index (χ0n) is 5.54. The van der Waals surface area contributed by atoms with Crippen molar-refractivity contribution in [3.63, 3.8) is 0 Å². The van der Waals surface area contributed by atoms with Gasteiger partial charge in [-0.3, -0.25) is 0 Å². The molecule has 0 aliphatic heterocycles. The van der Waals surface area contributed by atoms with Crippen LogP contribution in [0.5, 0.6) is 0 Å². The normalized spacial score (nSPS) is 6.00. The molecule has 0 amide bonds. The molecule has 0 rings (SSSR count). The van der Waals surface area contributed by atoms with E-state index in [0.717, 1.165) is 12.8 Å². The van der Waals surface area contributed by atoms with Crippen LogP contribution >= 0.6 is 17.0 Å². The van der Waals surface area contributed by atoms with Gasteiger partial charge in [-0.05, 0) is 6.42 Å². The SMILES string of the molecule is Br.CCCCON.N.[Ni]. The van der Waals surface area contributed by atoms with Gasteiger partial charge >= 0.3 is 0 Å². The van der Waals surface area contributed by atoms with Crippen molar-refractivity contribution in [3.05, 3.63) is 0 Å². The van der Waals surface area contributed by atoms with E-state index >= 15 is 0 Å². The molecule has 0 aliphatic carbocycles. The molecule has 0 fully saturated rings. The third-order valence-corrected chi connectivity index (χ3v) is 0.616. The molecule has 0 bridgehead atoms. The number of unbranched alkanes of at least 4 members (excludes halogenated alkanes) is 1. The predicted octanol–water partition coefficient (Wildman–Crippen LogP) is 1.41. The minimum Gasteiger partial charge on any atom is -0.344 e. The van der Waals surface area contributed by atoms with Gasteiger partial charge in [0, 0.05) is 16.5 Å². The van der Waals surface area contributed by atoms with Crippen molar-refractivity contribution >= 4 is 17.0 Å². The van der Waals surface area contributed by atoms with E-state index in [1.807, 2.05) is 0 Å². The van der Waals surface area contributed by atoms with Crippen molar-refractivity contribution in [2.45, 2.75) is 19.8 Å². The van der Waals surface area contributed by atoms with Crippen LogP contribution < -0.4 is 12.0 Å². The summed E-state index contributed by atoms with van der Waals surface area (Å²) in [6.07, 6.45) is 2.22. The molecule has 0 atom stereocenters. The number of nitrogens with two attached hydrogens (primary N) is 1. The summed E-state index contributed by atoms with van der Waals surface area (Å²) in [5, 5.41) is 0. The van der Waals surface area contributed by atoms with Gasteiger partial charge in [-0.1, -0.05) is 13.3 Å². The summed E-state index contributed by atoms with van der Waals surface area (Å²) in [5.74, 6) is 4.71. The molecule has 0 heterocycles. The molecule has 0 aromatic rings. The summed E-state index contributed by atoms with van der Waals surface area (Å²) in [4.78, 5) is 4.28. The smallest absolute Gasteiger partial charge is 0.0679 e. The maximum absolute atomic E-state index is 4.71. The maximum atomic E-state index is 4.71. The molecular weight excluding hydrogens is 231 g/mol. The van der Waals surface area contributed by atoms with Gasteiger partial charge in [0.25, 0.3) is 0 Å². The molecule has 9 heavy (non-hydrogen) atoms. The van der Waals surface area contributed by atoms with Gasteiger partial charge in [0.15, 0.2) is 0 Å². The Labute approximate surface area is 76.9 Å². The molecule has 0 unspecified atom stereocenters. The average Bonchev–Trinajstić information content (AvgIpc) is 1.61. The fourth-order valence-electron chi connectivity index (χ4n) is 0.228. The average molecular weight is 246 g/mol. The summed E-state index contributed by atoms with van der Waals surface area (Å²) < 4.78 is 0. The number of hydrogen-bond acceptors (Lipinski definition) is 3. The minimum absolute atomic E-state index is 0. The quantitative estimate of drug-likeness (QED) is 0.449. The van der Waals surface area contributed by atoms with E-state index in [4.69, 9.17) is 5.90 Å². The van der Waals surface area contributed by atoms with Crippen LogP contribution in [0.25, 0.3) is 0 Å². The molecule has 0 saturated heterocycles. The van der Waals surface area contributed by atoms with E-state index < -0.39 is 0 Å². The second-order valence-corrected chi connectivity index (χ2v) is 1.22. The van der Waals surface area contributed by atoms with Crippen LogP contribution in [0, 0.1) is 0 Å². The maximum Gasteiger partial charge on any atom is 0.0679 e. The van der Waals surface area contributed by atoms with E-state index in [1.54, 1.807) is 0 Å². The van der Waals surface area contributed by atoms with Crippen LogP contribution in [-0.4, -0.2) is 6.61 Å². The molecule has 0 saturated carbocycles. The van der Waals surface area contributed by atoms with Crippen molar-refractivity contribution in [1.29, 1.82) is 0 Å².